The van der Waals surface area contributed by atoms with Gasteiger partial charge in [0.1, 0.15) is 4.90 Å². The molecule has 0 aliphatic heterocycles. The number of carbonyl (C=O) groups is 1. The Bertz CT molecular complexity index is 933. The van der Waals surface area contributed by atoms with Crippen molar-refractivity contribution in [3.05, 3.63) is 53.6 Å². The smallest absolute Gasteiger partial charge is 0.337 e. The number of ether oxygens (including phenoxy) is 1. The molecule has 28 heavy (non-hydrogen) atoms. The molecule has 150 valence electrons. The minimum Gasteiger partial charge on any atom is -0.465 e. The number of hydrogen-bond acceptors (Lipinski definition) is 5. The fourth-order valence-electron chi connectivity index (χ4n) is 3.41. The van der Waals surface area contributed by atoms with Gasteiger partial charge >= 0.3 is 5.97 Å². The number of sulfonamides is 1. The molecule has 1 aliphatic carbocycles. The fourth-order valence-corrected chi connectivity index (χ4v) is 4.66. The van der Waals surface area contributed by atoms with Crippen LogP contribution in [0, 0.1) is 6.92 Å². The van der Waals surface area contributed by atoms with Gasteiger partial charge in [-0.25, -0.2) is 13.2 Å². The Kier molecular flexibility index (Phi) is 6.24. The first-order valence-corrected chi connectivity index (χ1v) is 11.0. The monoisotopic (exact) mass is 402 g/mol. The molecule has 1 fully saturated rings. The Morgan fingerprint density at radius 1 is 1.04 bits per heavy atom. The molecule has 0 radical (unpaired) electrons. The van der Waals surface area contributed by atoms with Crippen LogP contribution in [0.4, 0.5) is 11.4 Å². The lowest BCUT2D eigenvalue weighted by molar-refractivity contribution is 0.0600. The number of aryl methyl sites for hydroxylation is 1. The van der Waals surface area contributed by atoms with E-state index in [-0.39, 0.29) is 16.5 Å². The first-order valence-electron chi connectivity index (χ1n) is 9.47. The van der Waals surface area contributed by atoms with Gasteiger partial charge in [0.25, 0.3) is 10.0 Å². The average molecular weight is 403 g/mol. The summed E-state index contributed by atoms with van der Waals surface area (Å²) in [6.45, 7) is 1.93. The second kappa shape index (κ2) is 8.65. The van der Waals surface area contributed by atoms with Crippen LogP contribution in [0.2, 0.25) is 0 Å². The quantitative estimate of drug-likeness (QED) is 0.703. The number of carbonyl (C=O) groups excluding carboxylic acids is 1. The van der Waals surface area contributed by atoms with Crippen LogP contribution < -0.4 is 10.0 Å². The highest BCUT2D eigenvalue weighted by Crippen LogP contribution is 2.29. The van der Waals surface area contributed by atoms with Crippen molar-refractivity contribution in [3.8, 4) is 0 Å². The molecular weight excluding hydrogens is 376 g/mol. The van der Waals surface area contributed by atoms with Crippen molar-refractivity contribution in [2.75, 3.05) is 17.1 Å². The maximum Gasteiger partial charge on any atom is 0.337 e. The molecule has 0 spiro atoms. The minimum atomic E-state index is -3.89. The van der Waals surface area contributed by atoms with Crippen LogP contribution in [0.5, 0.6) is 0 Å². The van der Waals surface area contributed by atoms with Crippen LogP contribution in [0.25, 0.3) is 0 Å². The van der Waals surface area contributed by atoms with Crippen LogP contribution in [0.1, 0.15) is 48.0 Å². The lowest BCUT2D eigenvalue weighted by Crippen LogP contribution is -2.24. The van der Waals surface area contributed by atoms with Crippen molar-refractivity contribution >= 4 is 27.4 Å². The zero-order valence-corrected chi connectivity index (χ0v) is 17.0. The number of anilines is 2. The van der Waals surface area contributed by atoms with Gasteiger partial charge in [0.2, 0.25) is 0 Å². The van der Waals surface area contributed by atoms with E-state index in [1.165, 1.54) is 19.6 Å². The second-order valence-electron chi connectivity index (χ2n) is 7.15. The summed E-state index contributed by atoms with van der Waals surface area (Å²) in [4.78, 5) is 12.0. The van der Waals surface area contributed by atoms with E-state index in [0.717, 1.165) is 31.2 Å². The lowest BCUT2D eigenvalue weighted by Gasteiger charge is -2.25. The number of rotatable bonds is 6. The van der Waals surface area contributed by atoms with Crippen LogP contribution in [0.3, 0.4) is 0 Å². The summed E-state index contributed by atoms with van der Waals surface area (Å²) in [7, 11) is -2.62. The van der Waals surface area contributed by atoms with Crippen molar-refractivity contribution in [1.29, 1.82) is 0 Å². The van der Waals surface area contributed by atoms with Gasteiger partial charge in [-0.1, -0.05) is 37.0 Å². The van der Waals surface area contributed by atoms with E-state index in [1.54, 1.807) is 24.3 Å². The summed E-state index contributed by atoms with van der Waals surface area (Å²) in [6.07, 6.45) is 5.47. The first kappa shape index (κ1) is 20.2. The van der Waals surface area contributed by atoms with Crippen LogP contribution in [0.15, 0.2) is 47.4 Å². The Morgan fingerprint density at radius 2 is 1.71 bits per heavy atom. The highest BCUT2D eigenvalue weighted by atomic mass is 32.2. The molecule has 2 aromatic carbocycles. The molecule has 0 aromatic heterocycles. The van der Waals surface area contributed by atoms with E-state index in [4.69, 9.17) is 4.74 Å². The summed E-state index contributed by atoms with van der Waals surface area (Å²) in [5.74, 6) is -0.573. The predicted molar refractivity (Wildman–Crippen MR) is 110 cm³/mol. The number of methoxy groups -OCH3 is 1. The highest BCUT2D eigenvalue weighted by molar-refractivity contribution is 7.92. The maximum atomic E-state index is 13.1. The molecule has 7 heteroatoms. The highest BCUT2D eigenvalue weighted by Gasteiger charge is 2.23. The lowest BCUT2D eigenvalue weighted by atomic mass is 9.95. The van der Waals surface area contributed by atoms with Gasteiger partial charge in [0.15, 0.2) is 0 Å². The number of hydrogen-bond donors (Lipinski definition) is 2. The molecule has 1 saturated carbocycles. The zero-order chi connectivity index (χ0) is 20.1. The molecule has 0 amide bonds. The van der Waals surface area contributed by atoms with Gasteiger partial charge in [-0.2, -0.15) is 0 Å². The van der Waals surface area contributed by atoms with Crippen molar-refractivity contribution in [2.45, 2.75) is 50.0 Å². The van der Waals surface area contributed by atoms with E-state index in [2.05, 4.69) is 10.0 Å². The third-order valence-corrected chi connectivity index (χ3v) is 6.38. The Balaban J connectivity index is 1.96. The Hall–Kier alpha value is -2.54. The third-order valence-electron chi connectivity index (χ3n) is 4.96. The molecule has 0 saturated heterocycles. The van der Waals surface area contributed by atoms with Gasteiger partial charge in [0, 0.05) is 11.7 Å². The van der Waals surface area contributed by atoms with Crippen molar-refractivity contribution in [3.63, 3.8) is 0 Å². The first-order chi connectivity index (χ1) is 13.4. The Labute approximate surface area is 166 Å². The largest absolute Gasteiger partial charge is 0.465 e. The molecule has 0 unspecified atom stereocenters. The van der Waals surface area contributed by atoms with E-state index in [9.17, 15) is 13.2 Å². The van der Waals surface area contributed by atoms with E-state index in [0.29, 0.717) is 11.4 Å². The zero-order valence-electron chi connectivity index (χ0n) is 16.2. The summed E-state index contributed by atoms with van der Waals surface area (Å²) < 4.78 is 33.6. The number of nitrogens with one attached hydrogen (secondary N) is 2. The average Bonchev–Trinajstić information content (AvgIpc) is 2.70. The molecule has 1 aliphatic rings. The van der Waals surface area contributed by atoms with Crippen LogP contribution >= 0.6 is 0 Å². The molecule has 6 nitrogen and oxygen atoms in total. The van der Waals surface area contributed by atoms with Crippen molar-refractivity contribution in [2.24, 2.45) is 0 Å². The van der Waals surface area contributed by atoms with E-state index < -0.39 is 16.0 Å². The SMILES string of the molecule is COC(=O)c1ccc(NC2CCCCC2)c(S(=O)(=O)Nc2ccc(C)cc2)c1. The molecule has 2 aromatic rings. The summed E-state index contributed by atoms with van der Waals surface area (Å²) in [5.41, 5.74) is 2.20. The molecule has 0 atom stereocenters. The predicted octanol–water partition coefficient (Wildman–Crippen LogP) is 4.33. The summed E-state index contributed by atoms with van der Waals surface area (Å²) >= 11 is 0. The van der Waals surface area contributed by atoms with Gasteiger partial charge < -0.3 is 10.1 Å². The van der Waals surface area contributed by atoms with Gasteiger partial charge in [-0.15, -0.1) is 0 Å². The van der Waals surface area contributed by atoms with Crippen molar-refractivity contribution in [1.82, 2.24) is 0 Å². The summed E-state index contributed by atoms with van der Waals surface area (Å²) in [5, 5.41) is 3.36. The molecule has 0 heterocycles. The Morgan fingerprint density at radius 3 is 2.36 bits per heavy atom. The second-order valence-corrected chi connectivity index (χ2v) is 8.80. The summed E-state index contributed by atoms with van der Waals surface area (Å²) in [6, 6.07) is 11.9. The third kappa shape index (κ3) is 4.84. The molecule has 0 bridgehead atoms. The van der Waals surface area contributed by atoms with Crippen LogP contribution in [-0.4, -0.2) is 27.5 Å². The standard InChI is InChI=1S/C21H26N2O4S/c1-15-8-11-18(12-9-15)23-28(25,26)20-14-16(21(24)27-2)10-13-19(20)22-17-6-4-3-5-7-17/h8-14,17,22-23H,3-7H2,1-2H3. The fraction of sp³-hybridized carbons (Fsp3) is 0.381. The minimum absolute atomic E-state index is 0.0431. The van der Waals surface area contributed by atoms with Crippen molar-refractivity contribution < 1.29 is 17.9 Å². The molecule has 3 rings (SSSR count). The van der Waals surface area contributed by atoms with E-state index in [1.807, 2.05) is 19.1 Å². The number of benzene rings is 2. The van der Waals surface area contributed by atoms with Crippen LogP contribution in [-0.2, 0) is 14.8 Å². The van der Waals surface area contributed by atoms with Gasteiger partial charge in [-0.05, 0) is 50.1 Å². The number of esters is 1. The van der Waals surface area contributed by atoms with E-state index >= 15 is 0 Å². The van der Waals surface area contributed by atoms with Gasteiger partial charge in [0.05, 0.1) is 18.4 Å². The molecular formula is C21H26N2O4S. The normalized spacial score (nSPS) is 15.1. The topological polar surface area (TPSA) is 84.5 Å². The maximum absolute atomic E-state index is 13.1. The molecule has 2 N–H and O–H groups in total. The van der Waals surface area contributed by atoms with Gasteiger partial charge in [-0.3, -0.25) is 4.72 Å².